The quantitative estimate of drug-likeness (QED) is 0.357. The van der Waals surface area contributed by atoms with Gasteiger partial charge in [-0.3, -0.25) is 0 Å². The minimum atomic E-state index is -2.31. The van der Waals surface area contributed by atoms with Gasteiger partial charge in [-0.05, 0) is 67.1 Å². The summed E-state index contributed by atoms with van der Waals surface area (Å²) in [6, 6.07) is 13.4. The van der Waals surface area contributed by atoms with E-state index in [9.17, 15) is 8.78 Å². The first-order valence-electron chi connectivity index (χ1n) is 10.7. The van der Waals surface area contributed by atoms with Crippen molar-refractivity contribution in [3.8, 4) is 22.6 Å². The highest BCUT2D eigenvalue weighted by Crippen LogP contribution is 2.51. The minimum Gasteiger partial charge on any atom is -0.494 e. The predicted molar refractivity (Wildman–Crippen MR) is 116 cm³/mol. The summed E-state index contributed by atoms with van der Waals surface area (Å²) < 4.78 is 70.6. The molecule has 2 atom stereocenters. The zero-order valence-corrected chi connectivity index (χ0v) is 17.9. The molecule has 32 heavy (non-hydrogen) atoms. The van der Waals surface area contributed by atoms with Gasteiger partial charge in [0, 0.05) is 11.1 Å². The summed E-state index contributed by atoms with van der Waals surface area (Å²) in [5, 5.41) is 0. The summed E-state index contributed by atoms with van der Waals surface area (Å²) in [7, 11) is 0. The second-order valence-electron chi connectivity index (χ2n) is 7.65. The smallest absolute Gasteiger partial charge is 0.171 e. The second-order valence-corrected chi connectivity index (χ2v) is 7.65. The summed E-state index contributed by atoms with van der Waals surface area (Å²) >= 11 is 0. The molecule has 0 saturated heterocycles. The van der Waals surface area contributed by atoms with Crippen LogP contribution >= 0.6 is 0 Å². The van der Waals surface area contributed by atoms with Gasteiger partial charge in [0.15, 0.2) is 23.9 Å². The topological polar surface area (TPSA) is 18.5 Å². The average Bonchev–Trinajstić information content (AvgIpc) is 2.79. The number of alkyl halides is 2. The molecule has 0 aromatic heterocycles. The zero-order chi connectivity index (χ0) is 22.8. The molecule has 0 spiro atoms. The van der Waals surface area contributed by atoms with Gasteiger partial charge in [0.25, 0.3) is 0 Å². The molecule has 0 bridgehead atoms. The Morgan fingerprint density at radius 2 is 1.28 bits per heavy atom. The SMILES string of the molecule is CCOc1ccc(CCc2ccc3c(c2F)C(F)C(F)c2c-3ccc(OCC)c2F)cc1. The van der Waals surface area contributed by atoms with Crippen LogP contribution < -0.4 is 9.47 Å². The Morgan fingerprint density at radius 3 is 1.91 bits per heavy atom. The van der Waals surface area contributed by atoms with E-state index >= 15 is 8.78 Å². The lowest BCUT2D eigenvalue weighted by Crippen LogP contribution is -2.16. The van der Waals surface area contributed by atoms with Crippen molar-refractivity contribution in [2.75, 3.05) is 13.2 Å². The number of fused-ring (bicyclic) bond motifs is 3. The molecule has 3 aromatic rings. The maximum Gasteiger partial charge on any atom is 0.171 e. The van der Waals surface area contributed by atoms with Crippen LogP contribution in [0.1, 0.15) is 48.4 Å². The lowest BCUT2D eigenvalue weighted by atomic mass is 9.81. The molecule has 3 aromatic carbocycles. The van der Waals surface area contributed by atoms with Crippen LogP contribution in [-0.2, 0) is 12.8 Å². The predicted octanol–water partition coefficient (Wildman–Crippen LogP) is 7.25. The van der Waals surface area contributed by atoms with Crippen molar-refractivity contribution in [2.24, 2.45) is 0 Å². The molecule has 6 heteroatoms. The molecule has 0 amide bonds. The summed E-state index contributed by atoms with van der Waals surface area (Å²) in [6.07, 6.45) is -3.76. The van der Waals surface area contributed by atoms with Gasteiger partial charge >= 0.3 is 0 Å². The van der Waals surface area contributed by atoms with Crippen LogP contribution in [0.25, 0.3) is 11.1 Å². The first kappa shape index (κ1) is 22.2. The van der Waals surface area contributed by atoms with Gasteiger partial charge in [-0.25, -0.2) is 17.6 Å². The highest BCUT2D eigenvalue weighted by molar-refractivity contribution is 5.76. The molecule has 2 unspecified atom stereocenters. The molecule has 0 radical (unpaired) electrons. The van der Waals surface area contributed by atoms with Crippen LogP contribution in [0.5, 0.6) is 11.5 Å². The van der Waals surface area contributed by atoms with E-state index in [0.29, 0.717) is 25.0 Å². The normalized spacial score (nSPS) is 16.9. The lowest BCUT2D eigenvalue weighted by Gasteiger charge is -2.28. The number of rotatable bonds is 7. The van der Waals surface area contributed by atoms with E-state index in [1.54, 1.807) is 19.1 Å². The number of hydrogen-bond donors (Lipinski definition) is 0. The monoisotopic (exact) mass is 444 g/mol. The van der Waals surface area contributed by atoms with E-state index in [0.717, 1.165) is 11.3 Å². The maximum atomic E-state index is 15.3. The molecule has 0 aliphatic heterocycles. The third-order valence-corrected chi connectivity index (χ3v) is 5.72. The summed E-state index contributed by atoms with van der Waals surface area (Å²) in [5.41, 5.74) is 0.823. The number of halogens is 4. The first-order valence-corrected chi connectivity index (χ1v) is 10.7. The van der Waals surface area contributed by atoms with Crippen LogP contribution in [0.4, 0.5) is 17.6 Å². The van der Waals surface area contributed by atoms with Crippen LogP contribution in [0.3, 0.4) is 0 Å². The van der Waals surface area contributed by atoms with Gasteiger partial charge in [-0.15, -0.1) is 0 Å². The summed E-state index contributed by atoms with van der Waals surface area (Å²) in [4.78, 5) is 0. The molecular formula is C26H24F4O2. The van der Waals surface area contributed by atoms with Gasteiger partial charge < -0.3 is 9.47 Å². The zero-order valence-electron chi connectivity index (χ0n) is 17.9. The van der Waals surface area contributed by atoms with Crippen molar-refractivity contribution in [1.82, 2.24) is 0 Å². The minimum absolute atomic E-state index is 0.142. The van der Waals surface area contributed by atoms with Crippen molar-refractivity contribution >= 4 is 0 Å². The third kappa shape index (κ3) is 3.94. The third-order valence-electron chi connectivity index (χ3n) is 5.72. The molecular weight excluding hydrogens is 420 g/mol. The average molecular weight is 444 g/mol. The fourth-order valence-corrected chi connectivity index (χ4v) is 4.17. The molecule has 0 saturated carbocycles. The maximum absolute atomic E-state index is 15.3. The molecule has 0 fully saturated rings. The number of benzene rings is 3. The Morgan fingerprint density at radius 1 is 0.688 bits per heavy atom. The van der Waals surface area contributed by atoms with E-state index in [-0.39, 0.29) is 29.0 Å². The van der Waals surface area contributed by atoms with E-state index in [1.165, 1.54) is 12.1 Å². The van der Waals surface area contributed by atoms with Crippen molar-refractivity contribution in [1.29, 1.82) is 0 Å². The lowest BCUT2D eigenvalue weighted by molar-refractivity contribution is 0.159. The van der Waals surface area contributed by atoms with Crippen molar-refractivity contribution in [3.63, 3.8) is 0 Å². The van der Waals surface area contributed by atoms with Crippen molar-refractivity contribution < 1.29 is 27.0 Å². The van der Waals surface area contributed by atoms with Crippen molar-refractivity contribution in [3.05, 3.63) is 82.4 Å². The van der Waals surface area contributed by atoms with Crippen LogP contribution in [0.15, 0.2) is 48.5 Å². The first-order chi connectivity index (χ1) is 15.5. The number of hydrogen-bond acceptors (Lipinski definition) is 2. The number of aryl methyl sites for hydroxylation is 2. The molecule has 1 aliphatic rings. The fourth-order valence-electron chi connectivity index (χ4n) is 4.17. The van der Waals surface area contributed by atoms with Crippen molar-refractivity contribution in [2.45, 2.75) is 39.0 Å². The summed E-state index contributed by atoms with van der Waals surface area (Å²) in [6.45, 7) is 4.33. The Labute approximate surface area is 184 Å². The van der Waals surface area contributed by atoms with Gasteiger partial charge in [-0.1, -0.05) is 30.3 Å². The van der Waals surface area contributed by atoms with Crippen LogP contribution in [0, 0.1) is 11.6 Å². The van der Waals surface area contributed by atoms with Gasteiger partial charge in [0.1, 0.15) is 11.6 Å². The Hall–Kier alpha value is -3.02. The van der Waals surface area contributed by atoms with E-state index in [2.05, 4.69) is 0 Å². The Bertz CT molecular complexity index is 1110. The standard InChI is InChI=1S/C26H24F4O2/c1-3-31-17-10-6-15(7-11-17)5-8-16-9-12-18-19-13-14-20(32-4-2)24(28)22(19)26(30)25(29)21(18)23(16)27/h6-7,9-14,25-26H,3-5,8H2,1-2H3. The fraction of sp³-hybridized carbons (Fsp3) is 0.308. The van der Waals surface area contributed by atoms with Gasteiger partial charge in [0.05, 0.1) is 13.2 Å². The second kappa shape index (κ2) is 9.23. The van der Waals surface area contributed by atoms with E-state index < -0.39 is 29.5 Å². The summed E-state index contributed by atoms with van der Waals surface area (Å²) in [5.74, 6) is -1.10. The van der Waals surface area contributed by atoms with Crippen LogP contribution in [0.2, 0.25) is 0 Å². The van der Waals surface area contributed by atoms with E-state index in [1.807, 2.05) is 31.2 Å². The molecule has 2 nitrogen and oxygen atoms in total. The molecule has 4 rings (SSSR count). The highest BCUT2D eigenvalue weighted by atomic mass is 19.2. The van der Waals surface area contributed by atoms with Gasteiger partial charge in [0.2, 0.25) is 0 Å². The molecule has 0 N–H and O–H groups in total. The Kier molecular flexibility index (Phi) is 6.40. The molecule has 1 aliphatic carbocycles. The van der Waals surface area contributed by atoms with E-state index in [4.69, 9.17) is 9.47 Å². The largest absolute Gasteiger partial charge is 0.494 e. The molecule has 168 valence electrons. The van der Waals surface area contributed by atoms with Crippen LogP contribution in [-0.4, -0.2) is 13.2 Å². The number of ether oxygens (including phenoxy) is 2. The highest BCUT2D eigenvalue weighted by Gasteiger charge is 2.39. The van der Waals surface area contributed by atoms with Gasteiger partial charge in [-0.2, -0.15) is 0 Å². The Balaban J connectivity index is 1.65. The molecule has 0 heterocycles.